The molecule has 1 aromatic rings. The summed E-state index contributed by atoms with van der Waals surface area (Å²) >= 11 is 0. The molecule has 0 bridgehead atoms. The number of hydrogen-bond acceptors (Lipinski definition) is 3. The Kier molecular flexibility index (Phi) is 5.54. The molecule has 4 nitrogen and oxygen atoms in total. The van der Waals surface area contributed by atoms with Gasteiger partial charge in [0.25, 0.3) is 0 Å². The van der Waals surface area contributed by atoms with Crippen LogP contribution >= 0.6 is 0 Å². The second-order valence-corrected chi connectivity index (χ2v) is 6.95. The number of aryl methyl sites for hydroxylation is 1. The minimum atomic E-state index is -3.66. The van der Waals surface area contributed by atoms with E-state index < -0.39 is 21.1 Å². The largest absolute Gasteiger partial charge is 0.480 e. The number of carboxylic acids is 1. The quantitative estimate of drug-likeness (QED) is 0.835. The van der Waals surface area contributed by atoms with Crippen LogP contribution in [0.5, 0.6) is 0 Å². The maximum absolute atomic E-state index is 12.2. The summed E-state index contributed by atoms with van der Waals surface area (Å²) in [6.45, 7) is 3.79. The molecule has 19 heavy (non-hydrogen) atoms. The third kappa shape index (κ3) is 4.67. The number of rotatable bonds is 7. The van der Waals surface area contributed by atoms with Gasteiger partial charge in [-0.25, -0.2) is 8.42 Å². The molecule has 5 heteroatoms. The van der Waals surface area contributed by atoms with E-state index in [4.69, 9.17) is 5.11 Å². The van der Waals surface area contributed by atoms with Crippen LogP contribution < -0.4 is 0 Å². The minimum absolute atomic E-state index is 0.181. The van der Waals surface area contributed by atoms with Crippen LogP contribution in [-0.2, 0) is 20.4 Å². The second-order valence-electron chi connectivity index (χ2n) is 4.77. The highest BCUT2D eigenvalue weighted by Crippen LogP contribution is 2.17. The lowest BCUT2D eigenvalue weighted by atomic mass is 10.2. The molecule has 0 heterocycles. The molecule has 1 aromatic carbocycles. The summed E-state index contributed by atoms with van der Waals surface area (Å²) < 4.78 is 24.4. The van der Waals surface area contributed by atoms with Crippen molar-refractivity contribution in [1.82, 2.24) is 0 Å². The molecule has 1 atom stereocenters. The highest BCUT2D eigenvalue weighted by atomic mass is 32.2. The van der Waals surface area contributed by atoms with Gasteiger partial charge in [0.15, 0.2) is 15.1 Å². The van der Waals surface area contributed by atoms with Gasteiger partial charge in [0, 0.05) is 0 Å². The maximum Gasteiger partial charge on any atom is 0.321 e. The summed E-state index contributed by atoms with van der Waals surface area (Å²) in [5, 5.41) is 7.79. The third-order valence-electron chi connectivity index (χ3n) is 2.98. The Morgan fingerprint density at radius 3 is 2.58 bits per heavy atom. The van der Waals surface area contributed by atoms with Crippen LogP contribution in [0.25, 0.3) is 0 Å². The smallest absolute Gasteiger partial charge is 0.321 e. The Morgan fingerprint density at radius 2 is 2.05 bits per heavy atom. The van der Waals surface area contributed by atoms with Crippen LogP contribution in [0.3, 0.4) is 0 Å². The van der Waals surface area contributed by atoms with E-state index in [1.165, 1.54) is 0 Å². The van der Waals surface area contributed by atoms with E-state index in [1.807, 2.05) is 19.9 Å². The number of carbonyl (C=O) groups is 1. The molecule has 1 unspecified atom stereocenters. The van der Waals surface area contributed by atoms with Gasteiger partial charge in [-0.2, -0.15) is 0 Å². The molecule has 0 radical (unpaired) electrons. The zero-order chi connectivity index (χ0) is 14.5. The van der Waals surface area contributed by atoms with E-state index in [9.17, 15) is 13.2 Å². The van der Waals surface area contributed by atoms with Gasteiger partial charge in [-0.3, -0.25) is 4.79 Å². The number of unbranched alkanes of at least 4 members (excludes halogenated alkanes) is 1. The molecular formula is C14H20O4S. The lowest BCUT2D eigenvalue weighted by Gasteiger charge is -2.13. The van der Waals surface area contributed by atoms with Crippen molar-refractivity contribution in [2.45, 2.75) is 44.1 Å². The van der Waals surface area contributed by atoms with Crippen LogP contribution in [0.15, 0.2) is 24.3 Å². The number of benzene rings is 1. The highest BCUT2D eigenvalue weighted by molar-refractivity contribution is 7.92. The molecule has 106 valence electrons. The Morgan fingerprint density at radius 1 is 1.37 bits per heavy atom. The molecule has 0 aromatic heterocycles. The van der Waals surface area contributed by atoms with Crippen LogP contribution in [-0.4, -0.2) is 24.7 Å². The van der Waals surface area contributed by atoms with Crippen molar-refractivity contribution in [2.75, 3.05) is 0 Å². The SMILES string of the molecule is CCCCC(C(=O)O)S(=O)(=O)Cc1cccc(C)c1. The predicted octanol–water partition coefficient (Wildman–Crippen LogP) is 2.55. The summed E-state index contributed by atoms with van der Waals surface area (Å²) in [5.74, 6) is -1.46. The molecule has 0 amide bonds. The van der Waals surface area contributed by atoms with Gasteiger partial charge >= 0.3 is 5.97 Å². The summed E-state index contributed by atoms with van der Waals surface area (Å²) in [5.41, 5.74) is 1.61. The minimum Gasteiger partial charge on any atom is -0.480 e. The zero-order valence-corrected chi connectivity index (χ0v) is 12.1. The Hall–Kier alpha value is -1.36. The normalized spacial score (nSPS) is 13.2. The summed E-state index contributed by atoms with van der Waals surface area (Å²) in [6, 6.07) is 7.14. The van der Waals surface area contributed by atoms with Crippen molar-refractivity contribution in [3.05, 3.63) is 35.4 Å². The summed E-state index contributed by atoms with van der Waals surface area (Å²) in [4.78, 5) is 11.1. The first-order valence-electron chi connectivity index (χ1n) is 6.36. The molecule has 0 aliphatic rings. The van der Waals surface area contributed by atoms with E-state index in [0.717, 1.165) is 12.0 Å². The van der Waals surface area contributed by atoms with Gasteiger partial charge in [0.2, 0.25) is 0 Å². The van der Waals surface area contributed by atoms with E-state index >= 15 is 0 Å². The van der Waals surface area contributed by atoms with Crippen molar-refractivity contribution in [3.63, 3.8) is 0 Å². The number of aliphatic carboxylic acids is 1. The van der Waals surface area contributed by atoms with E-state index in [1.54, 1.807) is 18.2 Å². The summed E-state index contributed by atoms with van der Waals surface area (Å²) in [7, 11) is -3.66. The van der Waals surface area contributed by atoms with Crippen molar-refractivity contribution >= 4 is 15.8 Å². The van der Waals surface area contributed by atoms with Gasteiger partial charge < -0.3 is 5.11 Å². The van der Waals surface area contributed by atoms with E-state index in [0.29, 0.717) is 12.0 Å². The molecule has 0 saturated heterocycles. The van der Waals surface area contributed by atoms with Gasteiger partial charge in [-0.05, 0) is 18.9 Å². The summed E-state index contributed by atoms with van der Waals surface area (Å²) in [6.07, 6.45) is 1.56. The average Bonchev–Trinajstić information content (AvgIpc) is 2.27. The monoisotopic (exact) mass is 284 g/mol. The maximum atomic E-state index is 12.2. The molecule has 0 fully saturated rings. The molecule has 1 N–H and O–H groups in total. The first kappa shape index (κ1) is 15.7. The zero-order valence-electron chi connectivity index (χ0n) is 11.3. The average molecular weight is 284 g/mol. The van der Waals surface area contributed by atoms with Gasteiger partial charge in [-0.15, -0.1) is 0 Å². The molecule has 0 spiro atoms. The number of carboxylic acid groups (broad SMARTS) is 1. The van der Waals surface area contributed by atoms with E-state index in [-0.39, 0.29) is 12.2 Å². The first-order chi connectivity index (χ1) is 8.86. The predicted molar refractivity (Wildman–Crippen MR) is 74.8 cm³/mol. The first-order valence-corrected chi connectivity index (χ1v) is 8.08. The van der Waals surface area contributed by atoms with Crippen molar-refractivity contribution < 1.29 is 18.3 Å². The molecule has 1 rings (SSSR count). The van der Waals surface area contributed by atoms with Crippen molar-refractivity contribution in [1.29, 1.82) is 0 Å². The molecular weight excluding hydrogens is 264 g/mol. The fourth-order valence-corrected chi connectivity index (χ4v) is 3.66. The molecule has 0 aliphatic heterocycles. The Balaban J connectivity index is 2.91. The van der Waals surface area contributed by atoms with Gasteiger partial charge in [0.1, 0.15) is 0 Å². The van der Waals surface area contributed by atoms with Crippen molar-refractivity contribution in [3.8, 4) is 0 Å². The van der Waals surface area contributed by atoms with E-state index in [2.05, 4.69) is 0 Å². The van der Waals surface area contributed by atoms with Gasteiger partial charge in [0.05, 0.1) is 5.75 Å². The van der Waals surface area contributed by atoms with Crippen LogP contribution in [0, 0.1) is 6.92 Å². The lowest BCUT2D eigenvalue weighted by Crippen LogP contribution is -2.31. The molecule has 0 saturated carbocycles. The standard InChI is InChI=1S/C14H20O4S/c1-3-4-8-13(14(15)16)19(17,18)10-12-7-5-6-11(2)9-12/h5-7,9,13H,3-4,8,10H2,1-2H3,(H,15,16). The number of sulfone groups is 1. The Labute approximate surface area is 114 Å². The second kappa shape index (κ2) is 6.70. The van der Waals surface area contributed by atoms with Crippen molar-refractivity contribution in [2.24, 2.45) is 0 Å². The van der Waals surface area contributed by atoms with Crippen LogP contribution in [0.1, 0.15) is 37.3 Å². The molecule has 0 aliphatic carbocycles. The van der Waals surface area contributed by atoms with Gasteiger partial charge in [-0.1, -0.05) is 49.6 Å². The Bertz CT molecular complexity index is 534. The highest BCUT2D eigenvalue weighted by Gasteiger charge is 2.31. The fourth-order valence-electron chi connectivity index (χ4n) is 1.98. The third-order valence-corrected chi connectivity index (χ3v) is 5.02. The lowest BCUT2D eigenvalue weighted by molar-refractivity contribution is -0.136. The van der Waals surface area contributed by atoms with Crippen LogP contribution in [0.4, 0.5) is 0 Å². The fraction of sp³-hybridized carbons (Fsp3) is 0.500. The number of hydrogen-bond donors (Lipinski definition) is 1. The van der Waals surface area contributed by atoms with Crippen LogP contribution in [0.2, 0.25) is 0 Å². The topological polar surface area (TPSA) is 71.4 Å².